The number of ether oxygens (including phenoxy) is 2. The fourth-order valence-electron chi connectivity index (χ4n) is 3.17. The van der Waals surface area contributed by atoms with E-state index in [4.69, 9.17) is 9.47 Å². The summed E-state index contributed by atoms with van der Waals surface area (Å²) in [5, 5.41) is 0. The number of piperidine rings is 1. The zero-order valence-electron chi connectivity index (χ0n) is 18.0. The first-order valence-corrected chi connectivity index (χ1v) is 11.6. The van der Waals surface area contributed by atoms with Crippen molar-refractivity contribution in [2.75, 3.05) is 26.0 Å². The number of rotatable bonds is 5. The van der Waals surface area contributed by atoms with Crippen LogP contribution in [0.25, 0.3) is 11.3 Å². The van der Waals surface area contributed by atoms with Crippen LogP contribution in [0.15, 0.2) is 41.6 Å². The van der Waals surface area contributed by atoms with E-state index >= 15 is 0 Å². The standard InChI is InChI=1S/C22H29N3O4S/c1-22(2,3)29-21(26)25-11-9-16(10-12-25)15-28-20-14-23-19(13-24-20)17-5-7-18(8-6-17)30(4)27/h5-8,13-14,16H,9-12,15H2,1-4H3. The SMILES string of the molecule is C[S+]([O-])c1ccc(-c2cnc(OCC3CCN(C(=O)OC(C)(C)C)CC3)cn2)cc1. The molecule has 1 aliphatic rings. The van der Waals surface area contributed by atoms with Crippen molar-refractivity contribution in [3.8, 4) is 17.1 Å². The number of hydrogen-bond acceptors (Lipinski definition) is 6. The molecule has 0 saturated carbocycles. The van der Waals surface area contributed by atoms with Gasteiger partial charge in [-0.05, 0) is 75.0 Å². The Balaban J connectivity index is 1.46. The van der Waals surface area contributed by atoms with Crippen LogP contribution in [0, 0.1) is 5.92 Å². The van der Waals surface area contributed by atoms with Gasteiger partial charge in [0.25, 0.3) is 0 Å². The second-order valence-corrected chi connectivity index (χ2v) is 9.82. The number of carbonyl (C=O) groups is 1. The highest BCUT2D eigenvalue weighted by molar-refractivity contribution is 7.90. The summed E-state index contributed by atoms with van der Waals surface area (Å²) < 4.78 is 22.7. The zero-order valence-corrected chi connectivity index (χ0v) is 18.8. The van der Waals surface area contributed by atoms with Crippen LogP contribution < -0.4 is 4.74 Å². The van der Waals surface area contributed by atoms with Gasteiger partial charge in [-0.15, -0.1) is 0 Å². The summed E-state index contributed by atoms with van der Waals surface area (Å²) in [5.41, 5.74) is 1.18. The van der Waals surface area contributed by atoms with Gasteiger partial charge in [-0.3, -0.25) is 0 Å². The topological polar surface area (TPSA) is 87.6 Å². The van der Waals surface area contributed by atoms with Crippen molar-refractivity contribution in [2.24, 2.45) is 5.92 Å². The van der Waals surface area contributed by atoms with Gasteiger partial charge in [0.05, 0.1) is 24.7 Å². The number of likely N-dealkylation sites (tertiary alicyclic amines) is 1. The molecule has 0 radical (unpaired) electrons. The lowest BCUT2D eigenvalue weighted by atomic mass is 9.98. The Morgan fingerprint density at radius 1 is 1.17 bits per heavy atom. The van der Waals surface area contributed by atoms with Crippen LogP contribution in [0.5, 0.6) is 5.88 Å². The Bertz CT molecular complexity index is 827. The van der Waals surface area contributed by atoms with E-state index in [1.165, 1.54) is 0 Å². The van der Waals surface area contributed by atoms with Crippen LogP contribution in [0.1, 0.15) is 33.6 Å². The molecule has 1 aromatic heterocycles. The number of aromatic nitrogens is 2. The van der Waals surface area contributed by atoms with E-state index < -0.39 is 16.8 Å². The van der Waals surface area contributed by atoms with Gasteiger partial charge in [-0.25, -0.2) is 14.8 Å². The van der Waals surface area contributed by atoms with Gasteiger partial charge in [-0.1, -0.05) is 0 Å². The smallest absolute Gasteiger partial charge is 0.410 e. The van der Waals surface area contributed by atoms with E-state index in [0.717, 1.165) is 29.0 Å². The first-order valence-electron chi connectivity index (χ1n) is 10.1. The van der Waals surface area contributed by atoms with Crippen LogP contribution in [0.4, 0.5) is 4.79 Å². The average molecular weight is 432 g/mol. The van der Waals surface area contributed by atoms with Gasteiger partial charge in [0.2, 0.25) is 5.88 Å². The number of hydrogen-bond donors (Lipinski definition) is 0. The maximum Gasteiger partial charge on any atom is 0.410 e. The molecule has 1 aromatic carbocycles. The summed E-state index contributed by atoms with van der Waals surface area (Å²) in [5.74, 6) is 0.854. The Morgan fingerprint density at radius 3 is 2.37 bits per heavy atom. The van der Waals surface area contributed by atoms with Gasteiger partial charge in [0.15, 0.2) is 4.90 Å². The van der Waals surface area contributed by atoms with E-state index in [1.807, 2.05) is 45.0 Å². The highest BCUT2D eigenvalue weighted by atomic mass is 32.2. The number of amides is 1. The third-order valence-corrected chi connectivity index (χ3v) is 5.78. The maximum absolute atomic E-state index is 12.1. The van der Waals surface area contributed by atoms with Gasteiger partial charge >= 0.3 is 6.09 Å². The van der Waals surface area contributed by atoms with Crippen molar-refractivity contribution >= 4 is 17.3 Å². The molecule has 3 rings (SSSR count). The number of carbonyl (C=O) groups excluding carboxylic acids is 1. The molecule has 1 fully saturated rings. The molecule has 30 heavy (non-hydrogen) atoms. The molecular weight excluding hydrogens is 402 g/mol. The monoisotopic (exact) mass is 431 g/mol. The Kier molecular flexibility index (Phi) is 7.20. The first-order chi connectivity index (χ1) is 14.2. The Morgan fingerprint density at radius 2 is 1.83 bits per heavy atom. The molecule has 2 heterocycles. The normalized spacial score (nSPS) is 16.2. The van der Waals surface area contributed by atoms with Crippen molar-refractivity contribution in [1.29, 1.82) is 0 Å². The lowest BCUT2D eigenvalue weighted by Crippen LogP contribution is -2.42. The van der Waals surface area contributed by atoms with Crippen molar-refractivity contribution in [3.63, 3.8) is 0 Å². The Labute approximate surface area is 181 Å². The minimum Gasteiger partial charge on any atom is -0.612 e. The largest absolute Gasteiger partial charge is 0.612 e. The predicted molar refractivity (Wildman–Crippen MR) is 116 cm³/mol. The first kappa shape index (κ1) is 22.4. The molecule has 2 aromatic rings. The van der Waals surface area contributed by atoms with Gasteiger partial charge in [0.1, 0.15) is 11.9 Å². The number of benzene rings is 1. The van der Waals surface area contributed by atoms with Crippen LogP contribution >= 0.6 is 0 Å². The van der Waals surface area contributed by atoms with Crippen LogP contribution in [0.2, 0.25) is 0 Å². The van der Waals surface area contributed by atoms with Crippen LogP contribution in [-0.4, -0.2) is 57.1 Å². The second-order valence-electron chi connectivity index (χ2n) is 8.44. The maximum atomic E-state index is 12.1. The molecule has 1 amide bonds. The van der Waals surface area contributed by atoms with Crippen molar-refractivity contribution < 1.29 is 18.8 Å². The molecular formula is C22H29N3O4S. The van der Waals surface area contributed by atoms with Gasteiger partial charge in [-0.2, -0.15) is 0 Å². The highest BCUT2D eigenvalue weighted by Gasteiger charge is 2.27. The molecule has 0 aliphatic carbocycles. The summed E-state index contributed by atoms with van der Waals surface area (Å²) in [6.45, 7) is 7.52. The third-order valence-electron chi connectivity index (χ3n) is 4.84. The lowest BCUT2D eigenvalue weighted by molar-refractivity contribution is 0.0164. The van der Waals surface area contributed by atoms with Crippen molar-refractivity contribution in [3.05, 3.63) is 36.7 Å². The lowest BCUT2D eigenvalue weighted by Gasteiger charge is -2.33. The second kappa shape index (κ2) is 9.66. The van der Waals surface area contributed by atoms with E-state index in [1.54, 1.807) is 23.5 Å². The molecule has 0 bridgehead atoms. The third kappa shape index (κ3) is 6.34. The van der Waals surface area contributed by atoms with Gasteiger partial charge < -0.3 is 18.9 Å². The fraction of sp³-hybridized carbons (Fsp3) is 0.500. The summed E-state index contributed by atoms with van der Waals surface area (Å²) in [6, 6.07) is 7.45. The summed E-state index contributed by atoms with van der Waals surface area (Å²) >= 11 is -0.997. The molecule has 1 atom stereocenters. The molecule has 1 aliphatic heterocycles. The van der Waals surface area contributed by atoms with Crippen molar-refractivity contribution in [1.82, 2.24) is 14.9 Å². The summed E-state index contributed by atoms with van der Waals surface area (Å²) in [4.78, 5) is 23.5. The van der Waals surface area contributed by atoms with E-state index in [0.29, 0.717) is 31.5 Å². The molecule has 0 N–H and O–H groups in total. The van der Waals surface area contributed by atoms with E-state index in [9.17, 15) is 9.35 Å². The zero-order chi connectivity index (χ0) is 21.7. The molecule has 1 saturated heterocycles. The Hall–Kier alpha value is -2.32. The molecule has 8 heteroatoms. The minimum absolute atomic E-state index is 0.249. The predicted octanol–water partition coefficient (Wildman–Crippen LogP) is 3.91. The summed E-state index contributed by atoms with van der Waals surface area (Å²) in [7, 11) is 0. The average Bonchev–Trinajstić information content (AvgIpc) is 2.72. The highest BCUT2D eigenvalue weighted by Crippen LogP contribution is 2.22. The summed E-state index contributed by atoms with van der Waals surface area (Å²) in [6.07, 6.45) is 6.45. The quantitative estimate of drug-likeness (QED) is 0.667. The fourth-order valence-corrected chi connectivity index (χ4v) is 3.69. The minimum atomic E-state index is -0.997. The molecule has 0 spiro atoms. The van der Waals surface area contributed by atoms with Gasteiger partial charge in [0, 0.05) is 18.7 Å². The van der Waals surface area contributed by atoms with Crippen LogP contribution in [0.3, 0.4) is 0 Å². The van der Waals surface area contributed by atoms with E-state index in [2.05, 4.69) is 9.97 Å². The number of nitrogens with zero attached hydrogens (tertiary/aromatic N) is 3. The molecule has 1 unspecified atom stereocenters. The molecule has 7 nitrogen and oxygen atoms in total. The van der Waals surface area contributed by atoms with Crippen LogP contribution in [-0.2, 0) is 15.9 Å². The van der Waals surface area contributed by atoms with E-state index in [-0.39, 0.29) is 6.09 Å². The molecule has 162 valence electrons. The van der Waals surface area contributed by atoms with Crippen molar-refractivity contribution in [2.45, 2.75) is 44.1 Å².